The van der Waals surface area contributed by atoms with E-state index in [4.69, 9.17) is 0 Å². The van der Waals surface area contributed by atoms with Crippen molar-refractivity contribution in [3.8, 4) is 0 Å². The van der Waals surface area contributed by atoms with Gasteiger partial charge in [0.1, 0.15) is 6.04 Å². The fraction of sp³-hybridized carbons (Fsp3) is 0.391. The number of hydrogen-bond acceptors (Lipinski definition) is 2. The van der Waals surface area contributed by atoms with Crippen LogP contribution in [0.5, 0.6) is 0 Å². The highest BCUT2D eigenvalue weighted by Crippen LogP contribution is 2.34. The van der Waals surface area contributed by atoms with Crippen molar-refractivity contribution in [3.63, 3.8) is 0 Å². The van der Waals surface area contributed by atoms with Crippen molar-refractivity contribution in [3.05, 3.63) is 64.7 Å². The maximum absolute atomic E-state index is 13.4. The Hall–Kier alpha value is -2.62. The molecular formula is C23H28N2O2. The van der Waals surface area contributed by atoms with Gasteiger partial charge in [-0.1, -0.05) is 63.2 Å². The molecule has 27 heavy (non-hydrogen) atoms. The Kier molecular flexibility index (Phi) is 5.09. The van der Waals surface area contributed by atoms with Crippen LogP contribution in [-0.4, -0.2) is 23.3 Å². The number of amides is 2. The van der Waals surface area contributed by atoms with Gasteiger partial charge in [-0.2, -0.15) is 0 Å². The molecule has 4 heteroatoms. The van der Waals surface area contributed by atoms with Crippen LogP contribution in [-0.2, 0) is 16.0 Å². The highest BCUT2D eigenvalue weighted by molar-refractivity contribution is 6.00. The summed E-state index contributed by atoms with van der Waals surface area (Å²) < 4.78 is 0. The van der Waals surface area contributed by atoms with E-state index < -0.39 is 11.5 Å². The number of rotatable bonds is 2. The van der Waals surface area contributed by atoms with E-state index in [9.17, 15) is 9.59 Å². The number of para-hydroxylation sites is 1. The molecule has 0 aliphatic carbocycles. The van der Waals surface area contributed by atoms with Crippen molar-refractivity contribution in [1.82, 2.24) is 4.90 Å². The van der Waals surface area contributed by atoms with Crippen molar-refractivity contribution >= 4 is 17.5 Å². The minimum Gasteiger partial charge on any atom is -0.326 e. The molecule has 2 aromatic carbocycles. The minimum absolute atomic E-state index is 0.00124. The molecule has 1 aliphatic rings. The summed E-state index contributed by atoms with van der Waals surface area (Å²) in [7, 11) is 0. The van der Waals surface area contributed by atoms with Gasteiger partial charge < -0.3 is 10.2 Å². The van der Waals surface area contributed by atoms with Gasteiger partial charge in [0.2, 0.25) is 5.91 Å². The Bertz CT molecular complexity index is 860. The molecule has 0 saturated heterocycles. The van der Waals surface area contributed by atoms with E-state index in [1.165, 1.54) is 0 Å². The number of nitrogens with one attached hydrogen (secondary N) is 1. The number of anilines is 1. The van der Waals surface area contributed by atoms with Crippen molar-refractivity contribution < 1.29 is 9.59 Å². The Morgan fingerprint density at radius 2 is 1.63 bits per heavy atom. The Labute approximate surface area is 161 Å². The van der Waals surface area contributed by atoms with Gasteiger partial charge >= 0.3 is 0 Å². The first-order valence-electron chi connectivity index (χ1n) is 9.46. The van der Waals surface area contributed by atoms with Crippen LogP contribution in [0.25, 0.3) is 0 Å². The van der Waals surface area contributed by atoms with Gasteiger partial charge in [0, 0.05) is 17.6 Å². The van der Waals surface area contributed by atoms with Crippen molar-refractivity contribution in [1.29, 1.82) is 0 Å². The minimum atomic E-state index is -0.610. The second-order valence-electron chi connectivity index (χ2n) is 8.36. The second kappa shape index (κ2) is 7.18. The van der Waals surface area contributed by atoms with Gasteiger partial charge in [0.25, 0.3) is 5.91 Å². The fourth-order valence-corrected chi connectivity index (χ4v) is 3.70. The van der Waals surface area contributed by atoms with Gasteiger partial charge in [-0.15, -0.1) is 0 Å². The normalized spacial score (nSPS) is 16.6. The first-order chi connectivity index (χ1) is 12.7. The predicted octanol–water partition coefficient (Wildman–Crippen LogP) is 4.41. The molecule has 0 bridgehead atoms. The topological polar surface area (TPSA) is 49.4 Å². The first-order valence-corrected chi connectivity index (χ1v) is 9.46. The van der Waals surface area contributed by atoms with Crippen LogP contribution in [0.4, 0.5) is 5.69 Å². The van der Waals surface area contributed by atoms with Crippen LogP contribution in [0.1, 0.15) is 49.1 Å². The van der Waals surface area contributed by atoms with Crippen molar-refractivity contribution in [2.75, 3.05) is 11.9 Å². The molecule has 1 heterocycles. The van der Waals surface area contributed by atoms with Crippen LogP contribution < -0.4 is 5.32 Å². The molecule has 2 aromatic rings. The number of nitrogens with zero attached hydrogens (tertiary/aromatic N) is 1. The van der Waals surface area contributed by atoms with Crippen LogP contribution >= 0.6 is 0 Å². The third-order valence-electron chi connectivity index (χ3n) is 5.16. The van der Waals surface area contributed by atoms with Crippen LogP contribution in [0.3, 0.4) is 0 Å². The lowest BCUT2D eigenvalue weighted by Gasteiger charge is -2.39. The molecule has 1 atom stereocenters. The Morgan fingerprint density at radius 1 is 1.00 bits per heavy atom. The number of carbonyl (C=O) groups is 2. The van der Waals surface area contributed by atoms with Crippen LogP contribution in [0.15, 0.2) is 42.5 Å². The lowest BCUT2D eigenvalue weighted by atomic mass is 9.87. The monoisotopic (exact) mass is 364 g/mol. The summed E-state index contributed by atoms with van der Waals surface area (Å²) in [6, 6.07) is 13.3. The molecule has 0 spiro atoms. The van der Waals surface area contributed by atoms with Crippen molar-refractivity contribution in [2.24, 2.45) is 5.41 Å². The highest BCUT2D eigenvalue weighted by Gasteiger charge is 2.39. The molecule has 0 fully saturated rings. The maximum atomic E-state index is 13.4. The molecule has 1 N–H and O–H groups in total. The third kappa shape index (κ3) is 3.75. The smallest absolute Gasteiger partial charge is 0.251 e. The van der Waals surface area contributed by atoms with Gasteiger partial charge in [0.05, 0.1) is 0 Å². The van der Waals surface area contributed by atoms with E-state index in [1.54, 1.807) is 4.90 Å². The molecule has 2 amide bonds. The molecule has 4 nitrogen and oxygen atoms in total. The zero-order valence-electron chi connectivity index (χ0n) is 16.8. The first kappa shape index (κ1) is 19.2. The second-order valence-corrected chi connectivity index (χ2v) is 8.36. The van der Waals surface area contributed by atoms with Crippen LogP contribution in [0, 0.1) is 19.3 Å². The zero-order chi connectivity index (χ0) is 19.8. The quantitative estimate of drug-likeness (QED) is 0.858. The van der Waals surface area contributed by atoms with Gasteiger partial charge in [0.15, 0.2) is 0 Å². The van der Waals surface area contributed by atoms with E-state index in [0.717, 1.165) is 34.4 Å². The summed E-state index contributed by atoms with van der Waals surface area (Å²) in [6.45, 7) is 10.2. The lowest BCUT2D eigenvalue weighted by Crippen LogP contribution is -2.49. The summed E-state index contributed by atoms with van der Waals surface area (Å²) in [5.74, 6) is -0.157. The summed E-state index contributed by atoms with van der Waals surface area (Å²) >= 11 is 0. The van der Waals surface area contributed by atoms with E-state index in [0.29, 0.717) is 6.54 Å². The average Bonchev–Trinajstić information content (AvgIpc) is 2.62. The molecule has 0 saturated carbocycles. The number of aryl methyl sites for hydroxylation is 2. The Balaban J connectivity index is 2.01. The molecule has 3 rings (SSSR count). The lowest BCUT2D eigenvalue weighted by molar-refractivity contribution is -0.146. The predicted molar refractivity (Wildman–Crippen MR) is 109 cm³/mol. The summed E-state index contributed by atoms with van der Waals surface area (Å²) in [6.07, 6.45) is 0.769. The molecule has 1 unspecified atom stereocenters. The SMILES string of the molecule is Cc1cccc(C)c1NC(=O)C1c2ccccc2CCN1C(=O)C(C)(C)C. The maximum Gasteiger partial charge on any atom is 0.251 e. The molecule has 0 aromatic heterocycles. The number of carbonyl (C=O) groups excluding carboxylic acids is 2. The number of hydrogen-bond donors (Lipinski definition) is 1. The molecule has 0 radical (unpaired) electrons. The van der Waals surface area contributed by atoms with E-state index in [2.05, 4.69) is 5.32 Å². The molecule has 1 aliphatic heterocycles. The van der Waals surface area contributed by atoms with Crippen molar-refractivity contribution in [2.45, 2.75) is 47.1 Å². The summed E-state index contributed by atoms with van der Waals surface area (Å²) in [4.78, 5) is 28.2. The fourth-order valence-electron chi connectivity index (χ4n) is 3.70. The van der Waals surface area contributed by atoms with Gasteiger partial charge in [-0.05, 0) is 42.5 Å². The summed E-state index contributed by atoms with van der Waals surface area (Å²) in [5.41, 5.74) is 4.38. The average molecular weight is 364 g/mol. The third-order valence-corrected chi connectivity index (χ3v) is 5.16. The zero-order valence-corrected chi connectivity index (χ0v) is 16.8. The van der Waals surface area contributed by atoms with E-state index in [1.807, 2.05) is 77.1 Å². The molecule has 142 valence electrons. The standard InChI is InChI=1S/C23H28N2O2/c1-15-9-8-10-16(2)19(15)24-21(26)20-18-12-7-6-11-17(18)13-14-25(20)22(27)23(3,4)5/h6-12,20H,13-14H2,1-5H3,(H,24,26). The van der Waals surface area contributed by atoms with Gasteiger partial charge in [-0.3, -0.25) is 9.59 Å². The van der Waals surface area contributed by atoms with Gasteiger partial charge in [-0.25, -0.2) is 0 Å². The number of benzene rings is 2. The molecular weight excluding hydrogens is 336 g/mol. The van der Waals surface area contributed by atoms with E-state index in [-0.39, 0.29) is 11.8 Å². The summed E-state index contributed by atoms with van der Waals surface area (Å²) in [5, 5.41) is 3.09. The Morgan fingerprint density at radius 3 is 2.26 bits per heavy atom. The van der Waals surface area contributed by atoms with E-state index >= 15 is 0 Å². The van der Waals surface area contributed by atoms with Crippen LogP contribution in [0.2, 0.25) is 0 Å². The number of fused-ring (bicyclic) bond motifs is 1. The highest BCUT2D eigenvalue weighted by atomic mass is 16.2. The largest absolute Gasteiger partial charge is 0.326 e.